The van der Waals surface area contributed by atoms with Gasteiger partial charge >= 0.3 is 35.6 Å². The van der Waals surface area contributed by atoms with Crippen molar-refractivity contribution in [1.29, 1.82) is 0 Å². The zero-order valence-corrected chi connectivity index (χ0v) is 23.5. The van der Waals surface area contributed by atoms with E-state index in [0.717, 1.165) is 0 Å². The molecule has 0 unspecified atom stereocenters. The fourth-order valence-corrected chi connectivity index (χ4v) is 4.46. The Morgan fingerprint density at radius 3 is 1.20 bits per heavy atom. The molecule has 0 saturated heterocycles. The summed E-state index contributed by atoms with van der Waals surface area (Å²) in [5.41, 5.74) is 7.88. The van der Waals surface area contributed by atoms with E-state index >= 15 is 0 Å². The second-order valence-electron chi connectivity index (χ2n) is 8.73. The van der Waals surface area contributed by atoms with Crippen molar-refractivity contribution in [2.24, 2.45) is 0 Å². The van der Waals surface area contributed by atoms with Crippen LogP contribution in [0.3, 0.4) is 0 Å². The molecule has 2 heterocycles. The van der Waals surface area contributed by atoms with Crippen LogP contribution in [0.4, 0.5) is 0 Å². The number of fused-ring (bicyclic) bond motifs is 2. The first-order valence-corrected chi connectivity index (χ1v) is 15.8. The fourth-order valence-electron chi connectivity index (χ4n) is 4.46. The number of halogens is 2. The van der Waals surface area contributed by atoms with Gasteiger partial charge in [0.1, 0.15) is 0 Å². The van der Waals surface area contributed by atoms with Gasteiger partial charge in [0.05, 0.1) is 0 Å². The van der Waals surface area contributed by atoms with Crippen LogP contribution in [-0.2, 0) is 17.0 Å². The molecule has 0 amide bonds. The Hall–Kier alpha value is -2.49. The van der Waals surface area contributed by atoms with Crippen LogP contribution in [0.2, 0.25) is 0 Å². The Kier molecular flexibility index (Phi) is 8.41. The quantitative estimate of drug-likeness (QED) is 0.155. The van der Waals surface area contributed by atoms with Gasteiger partial charge in [-0.3, -0.25) is 0 Å². The molecule has 0 aliphatic heterocycles. The zero-order chi connectivity index (χ0) is 24.9. The summed E-state index contributed by atoms with van der Waals surface area (Å²) in [6.45, 7) is 8.67. The molecule has 6 rings (SSSR count). The average molecular weight is 535 g/mol. The van der Waals surface area contributed by atoms with E-state index in [9.17, 15) is 0 Å². The number of benzene rings is 2. The third-order valence-corrected chi connectivity index (χ3v) is 6.42. The zero-order valence-electron chi connectivity index (χ0n) is 20.4. The van der Waals surface area contributed by atoms with Crippen molar-refractivity contribution in [2.75, 3.05) is 0 Å². The van der Waals surface area contributed by atoms with Crippen LogP contribution in [0.5, 0.6) is 0 Å². The topological polar surface area (TPSA) is 9.86 Å². The number of aromatic nitrogens is 2. The summed E-state index contributed by atoms with van der Waals surface area (Å²) in [5, 5.41) is 5.46. The number of aryl methyl sites for hydroxylation is 4. The molecule has 0 saturated carbocycles. The molecule has 6 aromatic rings. The van der Waals surface area contributed by atoms with E-state index in [4.69, 9.17) is 18.6 Å². The second kappa shape index (κ2) is 11.5. The van der Waals surface area contributed by atoms with E-state index in [1.807, 2.05) is 0 Å². The molecule has 0 N–H and O–H groups in total. The standard InChI is InChI=1S/2C15H14N.2ClH.Ti/c2*1-11-5-6-12(2)15-10-13(9-14(11)15)16-7-3-4-8-16;;;/h2*3-10H,1-2H3;2*1H;/q2*-1;;;+2/p-2. The summed E-state index contributed by atoms with van der Waals surface area (Å²) >= 11 is -0.556. The van der Waals surface area contributed by atoms with Crippen LogP contribution >= 0.6 is 18.6 Å². The number of hydrogen-bond donors (Lipinski definition) is 0. The predicted molar refractivity (Wildman–Crippen MR) is 148 cm³/mol. The molecule has 2 aromatic heterocycles. The fraction of sp³-hybridized carbons (Fsp3) is 0.133. The summed E-state index contributed by atoms with van der Waals surface area (Å²) in [5.74, 6) is 0. The molecule has 0 bridgehead atoms. The first kappa shape index (κ1) is 25.6. The Morgan fingerprint density at radius 2 is 0.886 bits per heavy atom. The summed E-state index contributed by atoms with van der Waals surface area (Å²) in [6.07, 6.45) is 8.33. The Bertz CT molecular complexity index is 1330. The molecule has 0 spiro atoms. The monoisotopic (exact) mass is 534 g/mol. The number of hydrogen-bond acceptors (Lipinski definition) is 0. The van der Waals surface area contributed by atoms with Crippen LogP contribution in [-0.4, -0.2) is 9.13 Å². The normalized spacial score (nSPS) is 10.6. The summed E-state index contributed by atoms with van der Waals surface area (Å²) in [4.78, 5) is 0. The van der Waals surface area contributed by atoms with Gasteiger partial charge in [0.25, 0.3) is 0 Å². The van der Waals surface area contributed by atoms with Crippen molar-refractivity contribution in [3.05, 3.63) is 120 Å². The summed E-state index contributed by atoms with van der Waals surface area (Å²) in [6, 6.07) is 26.0. The minimum absolute atomic E-state index is 0.556. The predicted octanol–water partition coefficient (Wildman–Crippen LogP) is 9.31. The first-order valence-electron chi connectivity index (χ1n) is 11.5. The van der Waals surface area contributed by atoms with Crippen molar-refractivity contribution < 1.29 is 17.0 Å². The van der Waals surface area contributed by atoms with E-state index < -0.39 is 17.0 Å². The number of nitrogens with zero attached hydrogens (tertiary/aromatic N) is 2. The minimum atomic E-state index is -0.556. The van der Waals surface area contributed by atoms with Gasteiger partial charge in [-0.05, 0) is 49.5 Å². The maximum absolute atomic E-state index is 4.89. The molecule has 0 aliphatic carbocycles. The summed E-state index contributed by atoms with van der Waals surface area (Å²) in [7, 11) is 9.78. The van der Waals surface area contributed by atoms with Crippen molar-refractivity contribution in [3.63, 3.8) is 0 Å². The van der Waals surface area contributed by atoms with E-state index in [0.29, 0.717) is 0 Å². The van der Waals surface area contributed by atoms with Crippen LogP contribution < -0.4 is 0 Å². The third-order valence-electron chi connectivity index (χ3n) is 6.42. The molecule has 5 heteroatoms. The van der Waals surface area contributed by atoms with Crippen molar-refractivity contribution in [2.45, 2.75) is 27.7 Å². The molecule has 178 valence electrons. The van der Waals surface area contributed by atoms with Crippen LogP contribution in [0.25, 0.3) is 32.9 Å². The van der Waals surface area contributed by atoms with Gasteiger partial charge in [-0.2, -0.15) is 0 Å². The van der Waals surface area contributed by atoms with Gasteiger partial charge in [0.15, 0.2) is 0 Å². The Balaban J connectivity index is 0.000000149. The molecular formula is C30H28Cl2N2Ti-2. The van der Waals surface area contributed by atoms with Gasteiger partial charge in [-0.1, -0.05) is 37.1 Å². The molecule has 2 nitrogen and oxygen atoms in total. The number of rotatable bonds is 2. The molecule has 0 radical (unpaired) electrons. The van der Waals surface area contributed by atoms with Gasteiger partial charge in [-0.15, -0.1) is 69.1 Å². The third kappa shape index (κ3) is 5.68. The Labute approximate surface area is 224 Å². The van der Waals surface area contributed by atoms with Crippen molar-refractivity contribution >= 4 is 40.2 Å². The maximum atomic E-state index is 4.89. The van der Waals surface area contributed by atoms with E-state index in [-0.39, 0.29) is 0 Å². The average Bonchev–Trinajstić information content (AvgIpc) is 3.64. The van der Waals surface area contributed by atoms with Gasteiger partial charge in [-0.25, -0.2) is 0 Å². The van der Waals surface area contributed by atoms with Gasteiger partial charge < -0.3 is 9.13 Å². The van der Waals surface area contributed by atoms with Crippen LogP contribution in [0, 0.1) is 27.7 Å². The summed E-state index contributed by atoms with van der Waals surface area (Å²) < 4.78 is 4.30. The van der Waals surface area contributed by atoms with E-state index in [1.165, 1.54) is 55.2 Å². The van der Waals surface area contributed by atoms with Gasteiger partial charge in [0, 0.05) is 24.8 Å². The molecule has 35 heavy (non-hydrogen) atoms. The van der Waals surface area contributed by atoms with Crippen LogP contribution in [0.15, 0.2) is 97.6 Å². The molecule has 0 atom stereocenters. The SMILES string of the molecule is Cc1ccc(C)c2[cH-]c(-n3cccc3)cc12.Cc1ccc(C)c2[cH-]c(-n3cccc3)cc12.[Cl][Ti][Cl]. The van der Waals surface area contributed by atoms with Crippen LogP contribution in [0.1, 0.15) is 22.3 Å². The van der Waals surface area contributed by atoms with Gasteiger partial charge in [0.2, 0.25) is 0 Å². The first-order chi connectivity index (χ1) is 16.9. The van der Waals surface area contributed by atoms with Crippen molar-refractivity contribution in [3.8, 4) is 11.4 Å². The molecular weight excluding hydrogens is 507 g/mol. The van der Waals surface area contributed by atoms with E-state index in [1.54, 1.807) is 0 Å². The van der Waals surface area contributed by atoms with E-state index in [2.05, 4.69) is 134 Å². The Morgan fingerprint density at radius 1 is 0.571 bits per heavy atom. The van der Waals surface area contributed by atoms with Crippen molar-refractivity contribution in [1.82, 2.24) is 9.13 Å². The second-order valence-corrected chi connectivity index (χ2v) is 11.3. The molecule has 0 fully saturated rings. The molecule has 4 aromatic carbocycles. The molecule has 0 aliphatic rings.